The van der Waals surface area contributed by atoms with Gasteiger partial charge in [-0.05, 0) is 0 Å². The van der Waals surface area contributed by atoms with Gasteiger partial charge in [-0.1, -0.05) is 6.92 Å². The average Bonchev–Trinajstić information content (AvgIpc) is 2.04. The number of amides is 1. The van der Waals surface area contributed by atoms with Gasteiger partial charge in [0.2, 0.25) is 0 Å². The number of methoxy groups -OCH3 is 1. The second kappa shape index (κ2) is 11.1. The maximum atomic E-state index is 11.0. The molecule has 0 aromatic carbocycles. The molecule has 4 nitrogen and oxygen atoms in total. The molecule has 0 aliphatic heterocycles. The first kappa shape index (κ1) is 19.6. The Balaban J connectivity index is -0.000000605. The molecule has 0 fully saturated rings. The van der Waals surface area contributed by atoms with Crippen LogP contribution in [0.15, 0.2) is 0 Å². The van der Waals surface area contributed by atoms with Gasteiger partial charge in [0.1, 0.15) is 0 Å². The van der Waals surface area contributed by atoms with Gasteiger partial charge < -0.3 is 17.5 Å². The zero-order valence-corrected chi connectivity index (χ0v) is 12.0. The van der Waals surface area contributed by atoms with Gasteiger partial charge in [-0.2, -0.15) is 6.92 Å². The third-order valence-corrected chi connectivity index (χ3v) is 1.43. The van der Waals surface area contributed by atoms with Gasteiger partial charge in [0.05, 0.1) is 13.5 Å². The molecule has 0 spiro atoms. The Morgan fingerprint density at radius 1 is 1.50 bits per heavy atom. The molecule has 5 heteroatoms. The van der Waals surface area contributed by atoms with E-state index in [1.54, 1.807) is 13.8 Å². The van der Waals surface area contributed by atoms with Crippen molar-refractivity contribution in [1.82, 2.24) is 5.32 Å². The largest absolute Gasteiger partial charge is 0.506 e. The molecule has 0 aromatic rings. The number of hydrogen-bond donors (Lipinski definition) is 1. The molecule has 0 saturated carbocycles. The fourth-order valence-electron chi connectivity index (χ4n) is 0.711. The molecule has 14 heavy (non-hydrogen) atoms. The predicted molar refractivity (Wildman–Crippen MR) is 50.3 cm³/mol. The van der Waals surface area contributed by atoms with Crippen LogP contribution in [0.25, 0.3) is 0 Å². The van der Waals surface area contributed by atoms with Crippen molar-refractivity contribution in [3.63, 3.8) is 0 Å². The van der Waals surface area contributed by atoms with Crippen molar-refractivity contribution in [2.45, 2.75) is 20.3 Å². The van der Waals surface area contributed by atoms with Gasteiger partial charge in [-0.25, -0.2) is 6.54 Å². The fourth-order valence-corrected chi connectivity index (χ4v) is 0.711. The Hall–Kier alpha value is 0.0439. The Bertz CT molecular complexity index is 173. The quantitative estimate of drug-likeness (QED) is 0.614. The van der Waals surface area contributed by atoms with Crippen LogP contribution >= 0.6 is 0 Å². The zero-order valence-electron chi connectivity index (χ0n) is 9.16. The fraction of sp³-hybridized carbons (Fsp3) is 0.556. The molecule has 1 amide bonds. The standard InChI is InChI=1S/C8H14NO3.CH3.Y/c1-4-9-8(11)6(2)5-7(10)12-3;;/h4,6H,5H2,1-3H3,(H,9,11);1H3;/q2*-1;. The topological polar surface area (TPSA) is 55.4 Å². The molecule has 0 bridgehead atoms. The minimum atomic E-state index is -0.367. The summed E-state index contributed by atoms with van der Waals surface area (Å²) in [6.07, 6.45) is 0.121. The SMILES string of the molecule is C[CH-]NC(=O)C(C)CC(=O)OC.[CH3-].[Y]. The Kier molecular flexibility index (Phi) is 15.6. The summed E-state index contributed by atoms with van der Waals surface area (Å²) in [5, 5.41) is 2.50. The molecule has 1 N–H and O–H groups in total. The van der Waals surface area contributed by atoms with E-state index in [4.69, 9.17) is 0 Å². The first-order valence-corrected chi connectivity index (χ1v) is 3.76. The van der Waals surface area contributed by atoms with E-state index in [1.807, 2.05) is 0 Å². The van der Waals surface area contributed by atoms with E-state index >= 15 is 0 Å². The molecule has 0 aliphatic rings. The average molecular weight is 276 g/mol. The van der Waals surface area contributed by atoms with Crippen molar-refractivity contribution in [2.24, 2.45) is 5.92 Å². The third-order valence-electron chi connectivity index (χ3n) is 1.43. The second-order valence-corrected chi connectivity index (χ2v) is 2.48. The first-order valence-electron chi connectivity index (χ1n) is 3.76. The van der Waals surface area contributed by atoms with Crippen LogP contribution in [0.5, 0.6) is 0 Å². The van der Waals surface area contributed by atoms with E-state index in [0.29, 0.717) is 0 Å². The summed E-state index contributed by atoms with van der Waals surface area (Å²) < 4.78 is 4.42. The number of carbonyl (C=O) groups is 2. The van der Waals surface area contributed by atoms with Gasteiger partial charge in [-0.3, -0.25) is 9.59 Å². The Morgan fingerprint density at radius 2 is 2.00 bits per heavy atom. The molecule has 0 saturated heterocycles. The normalized spacial score (nSPS) is 10.2. The van der Waals surface area contributed by atoms with Crippen molar-refractivity contribution in [2.75, 3.05) is 7.11 Å². The summed E-state index contributed by atoms with van der Waals surface area (Å²) in [5.41, 5.74) is 0. The molecule has 1 atom stereocenters. The van der Waals surface area contributed by atoms with Gasteiger partial charge in [0.25, 0.3) is 0 Å². The number of rotatable bonds is 4. The zero-order chi connectivity index (χ0) is 9.56. The maximum absolute atomic E-state index is 11.0. The van der Waals surface area contributed by atoms with Crippen molar-refractivity contribution < 1.29 is 47.0 Å². The van der Waals surface area contributed by atoms with Crippen molar-refractivity contribution >= 4 is 11.9 Å². The number of esters is 1. The summed E-state index contributed by atoms with van der Waals surface area (Å²) in [6, 6.07) is 0. The monoisotopic (exact) mass is 276 g/mol. The van der Waals surface area contributed by atoms with Crippen LogP contribution in [0, 0.1) is 19.9 Å². The summed E-state index contributed by atoms with van der Waals surface area (Å²) in [7, 11) is 1.30. The van der Waals surface area contributed by atoms with E-state index in [1.165, 1.54) is 13.7 Å². The van der Waals surface area contributed by atoms with Crippen LogP contribution in [0.2, 0.25) is 0 Å². The summed E-state index contributed by atoms with van der Waals surface area (Å²) in [4.78, 5) is 21.8. The maximum Gasteiger partial charge on any atom is 0.306 e. The first-order chi connectivity index (χ1) is 5.61. The summed E-state index contributed by atoms with van der Waals surface area (Å²) in [5.74, 6) is -0.870. The van der Waals surface area contributed by atoms with Gasteiger partial charge in [-0.15, -0.1) is 0 Å². The van der Waals surface area contributed by atoms with Crippen molar-refractivity contribution in [3.8, 4) is 0 Å². The van der Waals surface area contributed by atoms with Crippen LogP contribution in [-0.2, 0) is 47.0 Å². The van der Waals surface area contributed by atoms with Crippen LogP contribution < -0.4 is 5.32 Å². The van der Waals surface area contributed by atoms with E-state index in [2.05, 4.69) is 10.1 Å². The summed E-state index contributed by atoms with van der Waals surface area (Å²) in [6.45, 7) is 4.93. The molecule has 1 radical (unpaired) electrons. The molecule has 0 heterocycles. The van der Waals surface area contributed by atoms with Crippen LogP contribution in [0.1, 0.15) is 20.3 Å². The van der Waals surface area contributed by atoms with E-state index in [9.17, 15) is 9.59 Å². The Labute approximate surface area is 111 Å². The molecule has 1 unspecified atom stereocenters. The van der Waals surface area contributed by atoms with Gasteiger partial charge in [0, 0.05) is 38.6 Å². The smallest absolute Gasteiger partial charge is 0.306 e. The molecule has 0 aromatic heterocycles. The van der Waals surface area contributed by atoms with E-state index < -0.39 is 0 Å². The number of ether oxygens (including phenoxy) is 1. The molecule has 0 rings (SSSR count). The van der Waals surface area contributed by atoms with Gasteiger partial charge in [0.15, 0.2) is 5.91 Å². The number of hydrogen-bond acceptors (Lipinski definition) is 3. The summed E-state index contributed by atoms with van der Waals surface area (Å²) >= 11 is 0. The Morgan fingerprint density at radius 3 is 2.36 bits per heavy atom. The van der Waals surface area contributed by atoms with Crippen LogP contribution in [0.4, 0.5) is 0 Å². The number of nitrogens with one attached hydrogen (secondary N) is 1. The minimum Gasteiger partial charge on any atom is -0.506 e. The molecular weight excluding hydrogens is 259 g/mol. The third kappa shape index (κ3) is 8.63. The molecular formula is C9H17NO3Y-2. The van der Waals surface area contributed by atoms with Crippen molar-refractivity contribution in [1.29, 1.82) is 0 Å². The van der Waals surface area contributed by atoms with Crippen molar-refractivity contribution in [3.05, 3.63) is 14.0 Å². The van der Waals surface area contributed by atoms with Crippen LogP contribution in [-0.4, -0.2) is 19.0 Å². The predicted octanol–water partition coefficient (Wildman–Crippen LogP) is 0.931. The van der Waals surface area contributed by atoms with E-state index in [-0.39, 0.29) is 64.4 Å². The van der Waals surface area contributed by atoms with Crippen LogP contribution in [0.3, 0.4) is 0 Å². The van der Waals surface area contributed by atoms with Gasteiger partial charge >= 0.3 is 5.97 Å². The second-order valence-electron chi connectivity index (χ2n) is 2.48. The minimum absolute atomic E-state index is 0. The van der Waals surface area contributed by atoms with E-state index in [0.717, 1.165) is 0 Å². The molecule has 0 aliphatic carbocycles. The molecule has 81 valence electrons. The number of carbonyl (C=O) groups excluding carboxylic acids is 2.